The molecule has 0 saturated heterocycles. The first-order valence-corrected chi connectivity index (χ1v) is 9.46. The second kappa shape index (κ2) is 8.79. The van der Waals surface area contributed by atoms with E-state index in [1.54, 1.807) is 18.3 Å². The van der Waals surface area contributed by atoms with E-state index in [1.165, 1.54) is 6.07 Å². The van der Waals surface area contributed by atoms with E-state index in [2.05, 4.69) is 15.6 Å². The van der Waals surface area contributed by atoms with Crippen LogP contribution in [0.4, 0.5) is 11.4 Å². The summed E-state index contributed by atoms with van der Waals surface area (Å²) < 4.78 is 0. The van der Waals surface area contributed by atoms with Crippen molar-refractivity contribution in [3.05, 3.63) is 64.0 Å². The fourth-order valence-corrected chi connectivity index (χ4v) is 3.42. The van der Waals surface area contributed by atoms with Crippen molar-refractivity contribution in [3.8, 4) is 0 Å². The third-order valence-corrected chi connectivity index (χ3v) is 5.07. The third-order valence-electron chi connectivity index (χ3n) is 5.07. The molecule has 8 heteroatoms. The number of carbonyl (C=O) groups is 1. The minimum Gasteiger partial charge on any atom is -0.371 e. The lowest BCUT2D eigenvalue weighted by Crippen LogP contribution is -2.40. The minimum absolute atomic E-state index is 0.0633. The zero-order valence-corrected chi connectivity index (χ0v) is 15.8. The van der Waals surface area contributed by atoms with Gasteiger partial charge in [-0.05, 0) is 56.9 Å². The number of nitrogens with one attached hydrogen (secondary N) is 2. The second-order valence-electron chi connectivity index (χ2n) is 7.19. The highest BCUT2D eigenvalue weighted by Gasteiger charge is 2.23. The van der Waals surface area contributed by atoms with Gasteiger partial charge in [-0.15, -0.1) is 0 Å². The lowest BCUT2D eigenvalue weighted by atomic mass is 9.91. The Bertz CT molecular complexity index is 835. The van der Waals surface area contributed by atoms with Crippen LogP contribution in [0.25, 0.3) is 0 Å². The molecule has 148 valence electrons. The van der Waals surface area contributed by atoms with Crippen LogP contribution < -0.4 is 16.4 Å². The summed E-state index contributed by atoms with van der Waals surface area (Å²) >= 11 is 0. The fraction of sp³-hybridized carbons (Fsp3) is 0.400. The van der Waals surface area contributed by atoms with Crippen LogP contribution in [0, 0.1) is 10.1 Å². The van der Waals surface area contributed by atoms with E-state index in [4.69, 9.17) is 5.73 Å². The van der Waals surface area contributed by atoms with Crippen LogP contribution in [0.5, 0.6) is 0 Å². The van der Waals surface area contributed by atoms with Crippen molar-refractivity contribution in [1.29, 1.82) is 0 Å². The van der Waals surface area contributed by atoms with Gasteiger partial charge < -0.3 is 16.4 Å². The van der Waals surface area contributed by atoms with Gasteiger partial charge in [0.05, 0.1) is 16.7 Å². The Morgan fingerprint density at radius 1 is 1.25 bits per heavy atom. The van der Waals surface area contributed by atoms with E-state index < -0.39 is 4.92 Å². The predicted molar refractivity (Wildman–Crippen MR) is 107 cm³/mol. The van der Waals surface area contributed by atoms with Crippen LogP contribution >= 0.6 is 0 Å². The zero-order chi connectivity index (χ0) is 20.1. The fourth-order valence-electron chi connectivity index (χ4n) is 3.42. The van der Waals surface area contributed by atoms with Gasteiger partial charge in [0.2, 0.25) is 0 Å². The molecule has 0 spiro atoms. The smallest absolute Gasteiger partial charge is 0.293 e. The summed E-state index contributed by atoms with van der Waals surface area (Å²) in [4.78, 5) is 27.9. The maximum absolute atomic E-state index is 12.5. The molecule has 1 aromatic heterocycles. The average Bonchev–Trinajstić information content (AvgIpc) is 2.70. The lowest BCUT2D eigenvalue weighted by molar-refractivity contribution is -0.384. The van der Waals surface area contributed by atoms with Crippen molar-refractivity contribution >= 4 is 17.3 Å². The monoisotopic (exact) mass is 383 g/mol. The standard InChI is InChI=1S/C20H25N5O3/c1-13(17-4-2-3-11-22-17)23-18-10-5-14(12-19(18)25(27)28)20(26)24-16-8-6-15(21)7-9-16/h2-5,10-13,15-16,23H,6-9,21H2,1H3,(H,24,26). The number of benzene rings is 1. The number of hydrogen-bond acceptors (Lipinski definition) is 6. The SMILES string of the molecule is CC(Nc1ccc(C(=O)NC2CCC(N)CC2)cc1[N+](=O)[O-])c1ccccn1. The molecule has 4 N–H and O–H groups in total. The number of carbonyl (C=O) groups excluding carboxylic acids is 1. The first kappa shape index (κ1) is 19.8. The molecule has 0 bridgehead atoms. The van der Waals surface area contributed by atoms with Gasteiger partial charge in [-0.2, -0.15) is 0 Å². The first-order chi connectivity index (χ1) is 13.4. The molecule has 3 rings (SSSR count). The van der Waals surface area contributed by atoms with Crippen LogP contribution in [0.2, 0.25) is 0 Å². The molecule has 0 radical (unpaired) electrons. The molecule has 28 heavy (non-hydrogen) atoms. The highest BCUT2D eigenvalue weighted by Crippen LogP contribution is 2.29. The van der Waals surface area contributed by atoms with Gasteiger partial charge in [0, 0.05) is 29.9 Å². The summed E-state index contributed by atoms with van der Waals surface area (Å²) in [6, 6.07) is 10.1. The zero-order valence-electron chi connectivity index (χ0n) is 15.8. The maximum atomic E-state index is 12.5. The number of nitrogens with zero attached hydrogens (tertiary/aromatic N) is 2. The van der Waals surface area contributed by atoms with E-state index in [0.29, 0.717) is 5.69 Å². The van der Waals surface area contributed by atoms with Crippen molar-refractivity contribution in [2.24, 2.45) is 5.73 Å². The van der Waals surface area contributed by atoms with E-state index in [-0.39, 0.29) is 35.3 Å². The number of nitrogens with two attached hydrogens (primary N) is 1. The number of pyridine rings is 1. The molecule has 8 nitrogen and oxygen atoms in total. The van der Waals surface area contributed by atoms with Gasteiger partial charge in [0.1, 0.15) is 5.69 Å². The van der Waals surface area contributed by atoms with Crippen molar-refractivity contribution < 1.29 is 9.72 Å². The third kappa shape index (κ3) is 4.83. The molecule has 2 aromatic rings. The molecule has 1 unspecified atom stereocenters. The van der Waals surface area contributed by atoms with E-state index in [0.717, 1.165) is 31.4 Å². The molecule has 1 aromatic carbocycles. The summed E-state index contributed by atoms with van der Waals surface area (Å²) in [7, 11) is 0. The normalized spacial score (nSPS) is 20.2. The van der Waals surface area contributed by atoms with Gasteiger partial charge in [-0.25, -0.2) is 0 Å². The Morgan fingerprint density at radius 3 is 2.64 bits per heavy atom. The van der Waals surface area contributed by atoms with Gasteiger partial charge >= 0.3 is 0 Å². The summed E-state index contributed by atoms with van der Waals surface area (Å²) in [5.74, 6) is -0.298. The van der Waals surface area contributed by atoms with Crippen molar-refractivity contribution in [2.45, 2.75) is 50.7 Å². The van der Waals surface area contributed by atoms with E-state index >= 15 is 0 Å². The van der Waals surface area contributed by atoms with Crippen LogP contribution in [0.15, 0.2) is 42.6 Å². The van der Waals surface area contributed by atoms with E-state index in [1.807, 2.05) is 25.1 Å². The van der Waals surface area contributed by atoms with Crippen molar-refractivity contribution in [2.75, 3.05) is 5.32 Å². The molecule has 1 amide bonds. The van der Waals surface area contributed by atoms with Gasteiger partial charge in [-0.3, -0.25) is 19.9 Å². The highest BCUT2D eigenvalue weighted by atomic mass is 16.6. The topological polar surface area (TPSA) is 123 Å². The molecule has 0 aliphatic heterocycles. The number of anilines is 1. The van der Waals surface area contributed by atoms with Gasteiger partial charge in [-0.1, -0.05) is 6.07 Å². The van der Waals surface area contributed by atoms with Gasteiger partial charge in [0.25, 0.3) is 11.6 Å². The summed E-state index contributed by atoms with van der Waals surface area (Å²) in [6.45, 7) is 1.88. The molecular weight excluding hydrogens is 358 g/mol. The highest BCUT2D eigenvalue weighted by molar-refractivity contribution is 5.96. The minimum atomic E-state index is -0.482. The molecule has 1 saturated carbocycles. The number of nitro groups is 1. The average molecular weight is 383 g/mol. The van der Waals surface area contributed by atoms with Crippen molar-refractivity contribution in [1.82, 2.24) is 10.3 Å². The van der Waals surface area contributed by atoms with Crippen LogP contribution in [-0.4, -0.2) is 27.9 Å². The number of rotatable bonds is 6. The largest absolute Gasteiger partial charge is 0.371 e. The number of aromatic nitrogens is 1. The van der Waals surface area contributed by atoms with Crippen LogP contribution in [0.1, 0.15) is 54.7 Å². The van der Waals surface area contributed by atoms with Gasteiger partial charge in [0.15, 0.2) is 0 Å². The molecule has 1 aliphatic carbocycles. The predicted octanol–water partition coefficient (Wildman–Crippen LogP) is 3.16. The molecule has 1 fully saturated rings. The molecule has 1 aliphatic rings. The Hall–Kier alpha value is -3.00. The number of nitro benzene ring substituents is 1. The molecule has 1 heterocycles. The Balaban J connectivity index is 1.73. The first-order valence-electron chi connectivity index (χ1n) is 9.46. The van der Waals surface area contributed by atoms with E-state index in [9.17, 15) is 14.9 Å². The van der Waals surface area contributed by atoms with Crippen molar-refractivity contribution in [3.63, 3.8) is 0 Å². The maximum Gasteiger partial charge on any atom is 0.293 e. The molecular formula is C20H25N5O3. The molecule has 1 atom stereocenters. The van der Waals surface area contributed by atoms with Crippen LogP contribution in [0.3, 0.4) is 0 Å². The number of hydrogen-bond donors (Lipinski definition) is 3. The Labute approximate surface area is 163 Å². The Kier molecular flexibility index (Phi) is 6.20. The lowest BCUT2D eigenvalue weighted by Gasteiger charge is -2.26. The van der Waals surface area contributed by atoms with Crippen LogP contribution in [-0.2, 0) is 0 Å². The number of amides is 1. The summed E-state index contributed by atoms with van der Waals surface area (Å²) in [5.41, 5.74) is 7.15. The summed E-state index contributed by atoms with van der Waals surface area (Å²) in [5, 5.41) is 17.6. The Morgan fingerprint density at radius 2 is 2.00 bits per heavy atom. The second-order valence-corrected chi connectivity index (χ2v) is 7.19. The quantitative estimate of drug-likeness (QED) is 0.520. The summed E-state index contributed by atoms with van der Waals surface area (Å²) in [6.07, 6.45) is 5.08.